The SMILES string of the molecule is [CH2]CC(CCCCCCCCCCC)CCCCCCCCCCCCC. The molecule has 0 saturated heterocycles. The Morgan fingerprint density at radius 3 is 0.926 bits per heavy atom. The molecule has 0 nitrogen and oxygen atoms in total. The summed E-state index contributed by atoms with van der Waals surface area (Å²) in [6.07, 6.45) is 33.1. The number of hydrogen-bond donors (Lipinski definition) is 0. The first kappa shape index (κ1) is 27.0. The zero-order valence-corrected chi connectivity index (χ0v) is 19.5. The van der Waals surface area contributed by atoms with Crippen LogP contribution < -0.4 is 0 Å². The average molecular weight is 380 g/mol. The lowest BCUT2D eigenvalue weighted by atomic mass is 9.92. The lowest BCUT2D eigenvalue weighted by Gasteiger charge is -2.14. The van der Waals surface area contributed by atoms with Gasteiger partial charge in [0.1, 0.15) is 0 Å². The van der Waals surface area contributed by atoms with Crippen molar-refractivity contribution in [1.82, 2.24) is 0 Å². The Morgan fingerprint density at radius 1 is 0.407 bits per heavy atom. The standard InChI is InChI=1S/C27H55/c1-4-7-9-11-13-15-16-18-20-22-24-26-27(6-3)25-23-21-19-17-14-12-10-8-5-2/h27H,3-26H2,1-2H3. The molecule has 1 unspecified atom stereocenters. The molecular formula is C27H55. The summed E-state index contributed by atoms with van der Waals surface area (Å²) >= 11 is 0. The third-order valence-electron chi connectivity index (χ3n) is 6.34. The molecule has 0 aliphatic heterocycles. The van der Waals surface area contributed by atoms with Crippen molar-refractivity contribution in [2.75, 3.05) is 0 Å². The van der Waals surface area contributed by atoms with E-state index in [4.69, 9.17) is 0 Å². The zero-order valence-electron chi connectivity index (χ0n) is 19.5. The van der Waals surface area contributed by atoms with Crippen molar-refractivity contribution in [1.29, 1.82) is 0 Å². The first-order chi connectivity index (χ1) is 13.3. The maximum atomic E-state index is 4.21. The van der Waals surface area contributed by atoms with Gasteiger partial charge in [-0.25, -0.2) is 0 Å². The lowest BCUT2D eigenvalue weighted by molar-refractivity contribution is 0.404. The molecule has 0 spiro atoms. The fourth-order valence-electron chi connectivity index (χ4n) is 4.27. The van der Waals surface area contributed by atoms with Crippen LogP contribution in [0.15, 0.2) is 0 Å². The van der Waals surface area contributed by atoms with Gasteiger partial charge in [-0.15, -0.1) is 0 Å². The van der Waals surface area contributed by atoms with Crippen LogP contribution in [0.5, 0.6) is 0 Å². The third kappa shape index (κ3) is 22.2. The van der Waals surface area contributed by atoms with Gasteiger partial charge in [-0.1, -0.05) is 168 Å². The third-order valence-corrected chi connectivity index (χ3v) is 6.34. The summed E-state index contributed by atoms with van der Waals surface area (Å²) in [5, 5.41) is 0. The van der Waals surface area contributed by atoms with Crippen molar-refractivity contribution in [3.8, 4) is 0 Å². The Bertz CT molecular complexity index is 244. The minimum absolute atomic E-state index is 0.910. The summed E-state index contributed by atoms with van der Waals surface area (Å²) in [7, 11) is 0. The van der Waals surface area contributed by atoms with Gasteiger partial charge >= 0.3 is 0 Å². The van der Waals surface area contributed by atoms with Crippen molar-refractivity contribution >= 4 is 0 Å². The second-order valence-electron chi connectivity index (χ2n) is 9.10. The minimum Gasteiger partial charge on any atom is -0.0654 e. The van der Waals surface area contributed by atoms with Gasteiger partial charge in [0.15, 0.2) is 0 Å². The summed E-state index contributed by atoms with van der Waals surface area (Å²) in [5.41, 5.74) is 0. The Morgan fingerprint density at radius 2 is 0.667 bits per heavy atom. The van der Waals surface area contributed by atoms with Crippen LogP contribution in [0.4, 0.5) is 0 Å². The second kappa shape index (κ2) is 24.0. The van der Waals surface area contributed by atoms with Crippen molar-refractivity contribution in [2.45, 2.75) is 162 Å². The van der Waals surface area contributed by atoms with Gasteiger partial charge in [-0.05, 0) is 5.92 Å². The van der Waals surface area contributed by atoms with Crippen molar-refractivity contribution in [3.63, 3.8) is 0 Å². The molecule has 0 fully saturated rings. The van der Waals surface area contributed by atoms with Gasteiger partial charge in [-0.3, -0.25) is 0 Å². The zero-order chi connectivity index (χ0) is 19.8. The van der Waals surface area contributed by atoms with Gasteiger partial charge in [0.2, 0.25) is 0 Å². The summed E-state index contributed by atoms with van der Waals surface area (Å²) in [6, 6.07) is 0. The Labute approximate surface area is 174 Å². The fourth-order valence-corrected chi connectivity index (χ4v) is 4.27. The molecule has 0 aromatic carbocycles. The van der Waals surface area contributed by atoms with E-state index in [9.17, 15) is 0 Å². The molecule has 0 aliphatic rings. The molecule has 0 N–H and O–H groups in total. The van der Waals surface area contributed by atoms with E-state index in [0.29, 0.717) is 0 Å². The molecule has 0 heterocycles. The number of hydrogen-bond acceptors (Lipinski definition) is 0. The predicted octanol–water partition coefficient (Wildman–Crippen LogP) is 10.4. The van der Waals surface area contributed by atoms with Gasteiger partial charge < -0.3 is 0 Å². The van der Waals surface area contributed by atoms with E-state index in [2.05, 4.69) is 20.8 Å². The first-order valence-corrected chi connectivity index (χ1v) is 13.1. The van der Waals surface area contributed by atoms with E-state index in [1.165, 1.54) is 141 Å². The number of rotatable bonds is 23. The highest BCUT2D eigenvalue weighted by molar-refractivity contribution is 4.62. The number of unbranched alkanes of at least 4 members (excludes halogenated alkanes) is 18. The van der Waals surface area contributed by atoms with Gasteiger partial charge in [0.25, 0.3) is 0 Å². The van der Waals surface area contributed by atoms with Gasteiger partial charge in [0.05, 0.1) is 0 Å². The van der Waals surface area contributed by atoms with Crippen LogP contribution in [0, 0.1) is 12.8 Å². The molecule has 0 rings (SSSR count). The molecule has 163 valence electrons. The normalized spacial score (nSPS) is 12.6. The van der Waals surface area contributed by atoms with Crippen molar-refractivity contribution in [3.05, 3.63) is 6.92 Å². The second-order valence-corrected chi connectivity index (χ2v) is 9.10. The summed E-state index contributed by atoms with van der Waals surface area (Å²) in [5.74, 6) is 0.910. The Hall–Kier alpha value is 0. The van der Waals surface area contributed by atoms with E-state index in [0.717, 1.165) is 12.3 Å². The highest BCUT2D eigenvalue weighted by Gasteiger charge is 2.06. The molecule has 0 bridgehead atoms. The smallest absolute Gasteiger partial charge is 0.0414 e. The monoisotopic (exact) mass is 379 g/mol. The van der Waals surface area contributed by atoms with E-state index in [-0.39, 0.29) is 0 Å². The summed E-state index contributed by atoms with van der Waals surface area (Å²) < 4.78 is 0. The molecular weight excluding hydrogens is 324 g/mol. The van der Waals surface area contributed by atoms with E-state index in [1.54, 1.807) is 0 Å². The van der Waals surface area contributed by atoms with Crippen molar-refractivity contribution in [2.24, 2.45) is 5.92 Å². The van der Waals surface area contributed by atoms with Crippen LogP contribution >= 0.6 is 0 Å². The van der Waals surface area contributed by atoms with Crippen LogP contribution in [0.25, 0.3) is 0 Å². The molecule has 1 atom stereocenters. The fraction of sp³-hybridized carbons (Fsp3) is 0.963. The molecule has 0 heteroatoms. The minimum atomic E-state index is 0.910. The van der Waals surface area contributed by atoms with E-state index < -0.39 is 0 Å². The molecule has 0 aliphatic carbocycles. The summed E-state index contributed by atoms with van der Waals surface area (Å²) in [6.45, 7) is 8.82. The van der Waals surface area contributed by atoms with Crippen LogP contribution in [-0.2, 0) is 0 Å². The predicted molar refractivity (Wildman–Crippen MR) is 126 cm³/mol. The first-order valence-electron chi connectivity index (χ1n) is 13.1. The Balaban J connectivity index is 3.27. The maximum absolute atomic E-state index is 4.21. The molecule has 1 radical (unpaired) electrons. The quantitative estimate of drug-likeness (QED) is 0.155. The molecule has 0 aromatic heterocycles. The molecule has 0 aromatic rings. The van der Waals surface area contributed by atoms with Crippen molar-refractivity contribution < 1.29 is 0 Å². The van der Waals surface area contributed by atoms with Crippen LogP contribution in [-0.4, -0.2) is 0 Å². The highest BCUT2D eigenvalue weighted by Crippen LogP contribution is 2.22. The Kier molecular flexibility index (Phi) is 24.0. The maximum Gasteiger partial charge on any atom is -0.0414 e. The van der Waals surface area contributed by atoms with E-state index >= 15 is 0 Å². The summed E-state index contributed by atoms with van der Waals surface area (Å²) in [4.78, 5) is 0. The average Bonchev–Trinajstić information content (AvgIpc) is 2.69. The highest BCUT2D eigenvalue weighted by atomic mass is 14.1. The molecule has 27 heavy (non-hydrogen) atoms. The van der Waals surface area contributed by atoms with Crippen LogP contribution in [0.3, 0.4) is 0 Å². The van der Waals surface area contributed by atoms with Gasteiger partial charge in [-0.2, -0.15) is 0 Å². The van der Waals surface area contributed by atoms with Crippen LogP contribution in [0.1, 0.15) is 162 Å². The van der Waals surface area contributed by atoms with E-state index in [1.807, 2.05) is 0 Å². The van der Waals surface area contributed by atoms with Crippen LogP contribution in [0.2, 0.25) is 0 Å². The molecule has 0 amide bonds. The lowest BCUT2D eigenvalue weighted by Crippen LogP contribution is -1.99. The van der Waals surface area contributed by atoms with Gasteiger partial charge in [0, 0.05) is 0 Å². The largest absolute Gasteiger partial charge is 0.0654 e. The molecule has 0 saturated carbocycles. The topological polar surface area (TPSA) is 0 Å².